The molecule has 238 valence electrons. The molecule has 0 bridgehead atoms. The van der Waals surface area contributed by atoms with Gasteiger partial charge in [-0.2, -0.15) is 0 Å². The van der Waals surface area contributed by atoms with E-state index in [4.69, 9.17) is 0 Å². The summed E-state index contributed by atoms with van der Waals surface area (Å²) in [5, 5.41) is 7.75. The topological polar surface area (TPSA) is 9.86 Å². The second-order valence-corrected chi connectivity index (χ2v) is 14.4. The Kier molecular flexibility index (Phi) is 6.16. The smallest absolute Gasteiger partial charge is 0.0541 e. The largest absolute Gasteiger partial charge is 0.309 e. The third-order valence-corrected chi connectivity index (χ3v) is 11.7. The minimum Gasteiger partial charge on any atom is -0.309 e. The maximum absolute atomic E-state index is 2.38. The summed E-state index contributed by atoms with van der Waals surface area (Å²) in [4.78, 5) is 0. The van der Waals surface area contributed by atoms with E-state index in [1.54, 1.807) is 0 Å². The van der Waals surface area contributed by atoms with Crippen LogP contribution in [0.25, 0.3) is 97.4 Å². The van der Waals surface area contributed by atoms with Crippen LogP contribution in [0.2, 0.25) is 0 Å². The average molecular weight is 667 g/mol. The summed E-state index contributed by atoms with van der Waals surface area (Å²) in [7, 11) is 0. The SMILES string of the molecule is c1ccc2c(c1)c1ccccc1n2-c1ccc(-c2ccc3sc4ccc(-c5ccc(-n6c7ccccc7c7ccccc76)cc5)cc4c3c2)cc1. The zero-order valence-corrected chi connectivity index (χ0v) is 28.4. The van der Waals surface area contributed by atoms with Gasteiger partial charge in [-0.25, -0.2) is 0 Å². The molecule has 0 aliphatic heterocycles. The first kappa shape index (κ1) is 28.4. The van der Waals surface area contributed by atoms with Gasteiger partial charge in [0.1, 0.15) is 0 Å². The molecule has 0 amide bonds. The molecule has 3 heterocycles. The van der Waals surface area contributed by atoms with Crippen molar-refractivity contribution in [2.75, 3.05) is 0 Å². The van der Waals surface area contributed by atoms with Crippen LogP contribution in [0, 0.1) is 0 Å². The molecule has 0 aliphatic carbocycles. The van der Waals surface area contributed by atoms with E-state index in [0.29, 0.717) is 0 Å². The lowest BCUT2D eigenvalue weighted by Gasteiger charge is -2.10. The lowest BCUT2D eigenvalue weighted by Crippen LogP contribution is -1.93. The number of para-hydroxylation sites is 4. The third kappa shape index (κ3) is 4.35. The molecule has 0 fully saturated rings. The quantitative estimate of drug-likeness (QED) is 0.177. The number of nitrogens with zero attached hydrogens (tertiary/aromatic N) is 2. The minimum atomic E-state index is 1.17. The van der Waals surface area contributed by atoms with Crippen LogP contribution in [0.1, 0.15) is 0 Å². The molecule has 0 spiro atoms. The number of benzene rings is 8. The summed E-state index contributed by atoms with van der Waals surface area (Å²) in [6, 6.07) is 66.7. The number of hydrogen-bond acceptors (Lipinski definition) is 1. The van der Waals surface area contributed by atoms with Crippen molar-refractivity contribution in [3.63, 3.8) is 0 Å². The molecule has 0 atom stereocenters. The summed E-state index contributed by atoms with van der Waals surface area (Å²) in [5.41, 5.74) is 12.2. The second-order valence-electron chi connectivity index (χ2n) is 13.4. The number of aromatic nitrogens is 2. The molecule has 11 rings (SSSR count). The summed E-state index contributed by atoms with van der Waals surface area (Å²) in [5.74, 6) is 0. The maximum Gasteiger partial charge on any atom is 0.0541 e. The highest BCUT2D eigenvalue weighted by atomic mass is 32.1. The highest BCUT2D eigenvalue weighted by molar-refractivity contribution is 7.25. The second kappa shape index (κ2) is 11.0. The molecule has 8 aromatic carbocycles. The average Bonchev–Trinajstić information content (AvgIpc) is 3.85. The molecule has 0 unspecified atom stereocenters. The van der Waals surface area contributed by atoms with Crippen molar-refractivity contribution in [1.29, 1.82) is 0 Å². The predicted octanol–water partition coefficient (Wildman–Crippen LogP) is 13.6. The Morgan fingerprint density at radius 3 is 0.941 bits per heavy atom. The van der Waals surface area contributed by atoms with E-state index in [9.17, 15) is 0 Å². The molecule has 3 heteroatoms. The van der Waals surface area contributed by atoms with Gasteiger partial charge >= 0.3 is 0 Å². The lowest BCUT2D eigenvalue weighted by molar-refractivity contribution is 1.18. The number of rotatable bonds is 4. The van der Waals surface area contributed by atoms with Gasteiger partial charge in [0.05, 0.1) is 22.1 Å². The summed E-state index contributed by atoms with van der Waals surface area (Å²) < 4.78 is 7.38. The molecular formula is C48H30N2S. The zero-order chi connectivity index (χ0) is 33.5. The number of thiophene rings is 1. The first-order chi connectivity index (χ1) is 25.3. The molecule has 11 aromatic rings. The Balaban J connectivity index is 0.958. The van der Waals surface area contributed by atoms with Crippen molar-refractivity contribution >= 4 is 75.1 Å². The summed E-state index contributed by atoms with van der Waals surface area (Å²) >= 11 is 1.87. The fraction of sp³-hybridized carbons (Fsp3) is 0. The summed E-state index contributed by atoms with van der Waals surface area (Å²) in [6.45, 7) is 0. The molecule has 0 saturated heterocycles. The number of fused-ring (bicyclic) bond motifs is 9. The van der Waals surface area contributed by atoms with Crippen molar-refractivity contribution in [2.45, 2.75) is 0 Å². The van der Waals surface area contributed by atoms with Crippen LogP contribution in [0.4, 0.5) is 0 Å². The Bertz CT molecular complexity index is 2800. The standard InChI is InChI=1S/C48H30N2S/c1-5-13-43-37(9-1)38-10-2-6-14-44(38)49(43)35-23-17-31(18-24-35)33-21-27-47-41(29-33)42-30-34(22-28-48(42)51-47)32-19-25-36(26-20-32)50-45-15-7-3-11-39(45)40-12-4-8-16-46(40)50/h1-30H. The Morgan fingerprint density at radius 1 is 0.275 bits per heavy atom. The van der Waals surface area contributed by atoms with Gasteiger partial charge < -0.3 is 9.13 Å². The lowest BCUT2D eigenvalue weighted by atomic mass is 10.00. The van der Waals surface area contributed by atoms with Gasteiger partial charge in [-0.3, -0.25) is 0 Å². The van der Waals surface area contributed by atoms with E-state index in [1.165, 1.54) is 97.4 Å². The number of hydrogen-bond donors (Lipinski definition) is 0. The van der Waals surface area contributed by atoms with Gasteiger partial charge in [0.25, 0.3) is 0 Å². The van der Waals surface area contributed by atoms with Gasteiger partial charge in [0, 0.05) is 53.1 Å². The molecule has 51 heavy (non-hydrogen) atoms. The van der Waals surface area contributed by atoms with Crippen LogP contribution in [0.3, 0.4) is 0 Å². The first-order valence-corrected chi connectivity index (χ1v) is 18.2. The van der Waals surface area contributed by atoms with Crippen molar-refractivity contribution in [1.82, 2.24) is 9.13 Å². The van der Waals surface area contributed by atoms with Crippen molar-refractivity contribution in [3.05, 3.63) is 182 Å². The molecule has 0 N–H and O–H groups in total. The minimum absolute atomic E-state index is 1.17. The van der Waals surface area contributed by atoms with Crippen LogP contribution < -0.4 is 0 Å². The zero-order valence-electron chi connectivity index (χ0n) is 27.6. The van der Waals surface area contributed by atoms with E-state index in [1.807, 2.05) is 11.3 Å². The van der Waals surface area contributed by atoms with Gasteiger partial charge in [0.15, 0.2) is 0 Å². The molecule has 2 nitrogen and oxygen atoms in total. The highest BCUT2D eigenvalue weighted by Crippen LogP contribution is 2.40. The van der Waals surface area contributed by atoms with Crippen molar-refractivity contribution in [2.24, 2.45) is 0 Å². The Hall–Kier alpha value is -6.42. The van der Waals surface area contributed by atoms with Crippen molar-refractivity contribution < 1.29 is 0 Å². The Morgan fingerprint density at radius 2 is 0.588 bits per heavy atom. The fourth-order valence-corrected chi connectivity index (χ4v) is 9.21. The first-order valence-electron chi connectivity index (χ1n) is 17.4. The molecular weight excluding hydrogens is 637 g/mol. The van der Waals surface area contributed by atoms with Crippen LogP contribution >= 0.6 is 11.3 Å². The normalized spacial score (nSPS) is 11.9. The monoisotopic (exact) mass is 666 g/mol. The molecule has 0 saturated carbocycles. The van der Waals surface area contributed by atoms with Gasteiger partial charge in [-0.1, -0.05) is 109 Å². The van der Waals surface area contributed by atoms with E-state index in [-0.39, 0.29) is 0 Å². The molecule has 0 aliphatic rings. The highest BCUT2D eigenvalue weighted by Gasteiger charge is 2.14. The van der Waals surface area contributed by atoms with E-state index in [2.05, 4.69) is 191 Å². The van der Waals surface area contributed by atoms with Crippen LogP contribution in [-0.2, 0) is 0 Å². The third-order valence-electron chi connectivity index (χ3n) is 10.5. The predicted molar refractivity (Wildman–Crippen MR) is 219 cm³/mol. The molecule has 0 radical (unpaired) electrons. The van der Waals surface area contributed by atoms with Crippen LogP contribution in [-0.4, -0.2) is 9.13 Å². The van der Waals surface area contributed by atoms with Gasteiger partial charge in [-0.15, -0.1) is 11.3 Å². The van der Waals surface area contributed by atoms with Crippen LogP contribution in [0.15, 0.2) is 182 Å². The van der Waals surface area contributed by atoms with E-state index in [0.717, 1.165) is 0 Å². The molecule has 3 aromatic heterocycles. The fourth-order valence-electron chi connectivity index (χ4n) is 8.14. The van der Waals surface area contributed by atoms with Crippen molar-refractivity contribution in [3.8, 4) is 33.6 Å². The Labute approximate surface area is 298 Å². The van der Waals surface area contributed by atoms with Crippen LogP contribution in [0.5, 0.6) is 0 Å². The maximum atomic E-state index is 2.38. The van der Waals surface area contributed by atoms with E-state index >= 15 is 0 Å². The van der Waals surface area contributed by atoms with Gasteiger partial charge in [0.2, 0.25) is 0 Å². The van der Waals surface area contributed by atoms with E-state index < -0.39 is 0 Å². The van der Waals surface area contributed by atoms with Gasteiger partial charge in [-0.05, 0) is 95.1 Å². The summed E-state index contributed by atoms with van der Waals surface area (Å²) in [6.07, 6.45) is 0.